The van der Waals surface area contributed by atoms with Crippen molar-refractivity contribution in [1.29, 1.82) is 0 Å². The van der Waals surface area contributed by atoms with E-state index in [-0.39, 0.29) is 17.9 Å². The van der Waals surface area contributed by atoms with Crippen LogP contribution in [0, 0.1) is 5.92 Å². The van der Waals surface area contributed by atoms with Crippen LogP contribution in [0.15, 0.2) is 54.7 Å². The molecule has 1 heterocycles. The van der Waals surface area contributed by atoms with Gasteiger partial charge in [-0.15, -0.1) is 0 Å². The Morgan fingerprint density at radius 1 is 1.00 bits per heavy atom. The summed E-state index contributed by atoms with van der Waals surface area (Å²) in [6.07, 6.45) is 1.80. The third kappa shape index (κ3) is 6.40. The highest BCUT2D eigenvalue weighted by molar-refractivity contribution is 5.63. The number of benzene rings is 2. The van der Waals surface area contributed by atoms with Gasteiger partial charge in [-0.1, -0.05) is 26.0 Å². The maximum atomic E-state index is 13.6. The molecule has 5 nitrogen and oxygen atoms in total. The molecule has 8 heteroatoms. The van der Waals surface area contributed by atoms with Gasteiger partial charge in [-0.25, -0.2) is 4.98 Å². The molecule has 4 rings (SSSR count). The number of alkyl halides is 3. The van der Waals surface area contributed by atoms with Gasteiger partial charge in [0, 0.05) is 17.6 Å². The van der Waals surface area contributed by atoms with Gasteiger partial charge in [0.2, 0.25) is 5.95 Å². The maximum absolute atomic E-state index is 13.6. The first-order chi connectivity index (χ1) is 16.3. The number of nitrogens with one attached hydrogen (secondary N) is 2. The Morgan fingerprint density at radius 2 is 1.74 bits per heavy atom. The summed E-state index contributed by atoms with van der Waals surface area (Å²) in [6, 6.07) is 14.6. The number of nitrogens with zero attached hydrogens (tertiary/aromatic N) is 2. The first-order valence-electron chi connectivity index (χ1n) is 11.6. The van der Waals surface area contributed by atoms with Gasteiger partial charge >= 0.3 is 6.18 Å². The predicted octanol–water partition coefficient (Wildman–Crippen LogP) is 7.50. The molecule has 2 N–H and O–H groups in total. The molecule has 0 unspecified atom stereocenters. The Kier molecular flexibility index (Phi) is 7.24. The summed E-state index contributed by atoms with van der Waals surface area (Å²) in [5.41, 5.74) is 1.32. The van der Waals surface area contributed by atoms with Gasteiger partial charge in [0.05, 0.1) is 6.10 Å². The minimum atomic E-state index is -4.59. The van der Waals surface area contributed by atoms with E-state index < -0.39 is 11.7 Å². The lowest BCUT2D eigenvalue weighted by Crippen LogP contribution is -2.13. The van der Waals surface area contributed by atoms with Crippen LogP contribution in [-0.2, 0) is 12.6 Å². The lowest BCUT2D eigenvalue weighted by atomic mass is 10.0. The van der Waals surface area contributed by atoms with E-state index in [0.717, 1.165) is 36.8 Å². The van der Waals surface area contributed by atoms with Crippen molar-refractivity contribution in [2.24, 2.45) is 5.92 Å². The van der Waals surface area contributed by atoms with Gasteiger partial charge in [-0.05, 0) is 80.0 Å². The van der Waals surface area contributed by atoms with E-state index in [2.05, 4.69) is 34.4 Å². The van der Waals surface area contributed by atoms with Crippen LogP contribution in [0.4, 0.5) is 36.3 Å². The Balaban J connectivity index is 1.52. The molecular formula is C26H29F3N4O. The van der Waals surface area contributed by atoms with Crippen LogP contribution < -0.4 is 15.4 Å². The van der Waals surface area contributed by atoms with E-state index in [1.165, 1.54) is 12.8 Å². The number of halogens is 3. The highest BCUT2D eigenvalue weighted by Gasteiger charge is 2.35. The highest BCUT2D eigenvalue weighted by Crippen LogP contribution is 2.35. The fraction of sp³-hybridized carbons (Fsp3) is 0.385. The standard InChI is InChI=1S/C26H29F3N4O/c1-17(2)14-18-6-5-7-20(15-18)31-24-23(26(27,28)29)16-30-25(33-24)32-19-10-12-22(13-11-19)34-21-8-3-4-9-21/h5-7,10-13,15-17,21H,3-4,8-9,14H2,1-2H3,(H2,30,31,32,33). The quantitative estimate of drug-likeness (QED) is 0.357. The molecule has 0 amide bonds. The molecule has 1 aliphatic carbocycles. The molecule has 1 saturated carbocycles. The zero-order chi connectivity index (χ0) is 24.1. The summed E-state index contributed by atoms with van der Waals surface area (Å²) >= 11 is 0. The molecule has 3 aromatic rings. The zero-order valence-electron chi connectivity index (χ0n) is 19.3. The zero-order valence-corrected chi connectivity index (χ0v) is 19.3. The average Bonchev–Trinajstić information content (AvgIpc) is 3.27. The second kappa shape index (κ2) is 10.3. The molecule has 34 heavy (non-hydrogen) atoms. The fourth-order valence-electron chi connectivity index (χ4n) is 4.07. The number of hydrogen-bond donors (Lipinski definition) is 2. The maximum Gasteiger partial charge on any atom is 0.421 e. The first kappa shape index (κ1) is 23.9. The van der Waals surface area contributed by atoms with Crippen molar-refractivity contribution in [3.05, 3.63) is 65.9 Å². The van der Waals surface area contributed by atoms with E-state index >= 15 is 0 Å². The molecule has 180 valence electrons. The van der Waals surface area contributed by atoms with E-state index in [1.54, 1.807) is 18.2 Å². The summed E-state index contributed by atoms with van der Waals surface area (Å²) in [7, 11) is 0. The van der Waals surface area contributed by atoms with Gasteiger partial charge < -0.3 is 15.4 Å². The molecule has 0 spiro atoms. The van der Waals surface area contributed by atoms with Crippen molar-refractivity contribution in [3.63, 3.8) is 0 Å². The van der Waals surface area contributed by atoms with Gasteiger partial charge in [-0.2, -0.15) is 18.2 Å². The molecule has 0 radical (unpaired) electrons. The molecule has 1 aliphatic rings. The number of hydrogen-bond acceptors (Lipinski definition) is 5. The van der Waals surface area contributed by atoms with Gasteiger partial charge in [0.25, 0.3) is 0 Å². The lowest BCUT2D eigenvalue weighted by Gasteiger charge is -2.16. The normalized spacial score (nSPS) is 14.4. The van der Waals surface area contributed by atoms with Crippen LogP contribution >= 0.6 is 0 Å². The number of anilines is 4. The molecule has 0 bridgehead atoms. The second-order valence-corrected chi connectivity index (χ2v) is 9.05. The Morgan fingerprint density at radius 3 is 2.41 bits per heavy atom. The molecule has 0 atom stereocenters. The Labute approximate surface area is 197 Å². The van der Waals surface area contributed by atoms with E-state index in [4.69, 9.17) is 4.74 Å². The smallest absolute Gasteiger partial charge is 0.421 e. The van der Waals surface area contributed by atoms with Crippen LogP contribution in [0.25, 0.3) is 0 Å². The summed E-state index contributed by atoms with van der Waals surface area (Å²) in [5.74, 6) is 0.978. The highest BCUT2D eigenvalue weighted by atomic mass is 19.4. The van der Waals surface area contributed by atoms with E-state index in [1.807, 2.05) is 30.3 Å². The SMILES string of the molecule is CC(C)Cc1cccc(Nc2nc(Nc3ccc(OC4CCCC4)cc3)ncc2C(F)(F)F)c1. The third-order valence-electron chi connectivity index (χ3n) is 5.64. The van der Waals surface area contributed by atoms with E-state index in [0.29, 0.717) is 17.3 Å². The largest absolute Gasteiger partial charge is 0.490 e. The Bertz CT molecular complexity index is 1090. The summed E-state index contributed by atoms with van der Waals surface area (Å²) in [4.78, 5) is 8.03. The number of aromatic nitrogens is 2. The minimum Gasteiger partial charge on any atom is -0.490 e. The van der Waals surface area contributed by atoms with E-state index in [9.17, 15) is 13.2 Å². The lowest BCUT2D eigenvalue weighted by molar-refractivity contribution is -0.137. The van der Waals surface area contributed by atoms with Crippen molar-refractivity contribution >= 4 is 23.1 Å². The Hall–Kier alpha value is -3.29. The van der Waals surface area contributed by atoms with Crippen molar-refractivity contribution < 1.29 is 17.9 Å². The van der Waals surface area contributed by atoms with Gasteiger partial charge in [0.1, 0.15) is 17.1 Å². The van der Waals surface area contributed by atoms with Crippen LogP contribution in [0.3, 0.4) is 0 Å². The average molecular weight is 471 g/mol. The molecule has 0 aliphatic heterocycles. The third-order valence-corrected chi connectivity index (χ3v) is 5.64. The van der Waals surface area contributed by atoms with Crippen molar-refractivity contribution in [2.75, 3.05) is 10.6 Å². The number of rotatable bonds is 8. The van der Waals surface area contributed by atoms with Gasteiger partial charge in [-0.3, -0.25) is 0 Å². The van der Waals surface area contributed by atoms with Crippen LogP contribution in [0.2, 0.25) is 0 Å². The van der Waals surface area contributed by atoms with Crippen molar-refractivity contribution in [2.45, 2.75) is 58.2 Å². The first-order valence-corrected chi connectivity index (χ1v) is 11.6. The van der Waals surface area contributed by atoms with Crippen molar-refractivity contribution in [1.82, 2.24) is 9.97 Å². The van der Waals surface area contributed by atoms with Gasteiger partial charge in [0.15, 0.2) is 0 Å². The summed E-state index contributed by atoms with van der Waals surface area (Å²) < 4.78 is 46.8. The molecule has 2 aromatic carbocycles. The second-order valence-electron chi connectivity index (χ2n) is 9.05. The summed E-state index contributed by atoms with van der Waals surface area (Å²) in [5, 5.41) is 5.82. The summed E-state index contributed by atoms with van der Waals surface area (Å²) in [6.45, 7) is 4.19. The van der Waals surface area contributed by atoms with Crippen LogP contribution in [-0.4, -0.2) is 16.1 Å². The molecule has 0 saturated heterocycles. The van der Waals surface area contributed by atoms with Crippen LogP contribution in [0.1, 0.15) is 50.7 Å². The predicted molar refractivity (Wildman–Crippen MR) is 128 cm³/mol. The molecular weight excluding hydrogens is 441 g/mol. The van der Waals surface area contributed by atoms with Crippen molar-refractivity contribution in [3.8, 4) is 5.75 Å². The molecule has 1 aromatic heterocycles. The molecule has 1 fully saturated rings. The monoisotopic (exact) mass is 470 g/mol. The minimum absolute atomic E-state index is 0.0679. The topological polar surface area (TPSA) is 59.1 Å². The fourth-order valence-corrected chi connectivity index (χ4v) is 4.07. The van der Waals surface area contributed by atoms with Crippen LogP contribution in [0.5, 0.6) is 5.75 Å². The number of ether oxygens (including phenoxy) is 1.